The van der Waals surface area contributed by atoms with Crippen LogP contribution in [0.3, 0.4) is 0 Å². The van der Waals surface area contributed by atoms with Crippen molar-refractivity contribution >= 4 is 51.4 Å². The van der Waals surface area contributed by atoms with Gasteiger partial charge in [-0.3, -0.25) is 10.2 Å². The van der Waals surface area contributed by atoms with Crippen LogP contribution in [0, 0.1) is 28.6 Å². The van der Waals surface area contributed by atoms with E-state index in [9.17, 15) is 4.79 Å². The molecule has 0 radical (unpaired) electrons. The third kappa shape index (κ3) is 3.24. The summed E-state index contributed by atoms with van der Waals surface area (Å²) in [7, 11) is 0. The molecular formula is C26H23ClN4O2S. The number of furan rings is 1. The Hall–Kier alpha value is -2.64. The monoisotopic (exact) mass is 490 g/mol. The van der Waals surface area contributed by atoms with E-state index >= 15 is 0 Å². The lowest BCUT2D eigenvalue weighted by Gasteiger charge is -2.56. The number of nitrogens with one attached hydrogen (secondary N) is 1. The number of amidine groups is 2. The number of nitrogens with zero attached hydrogens (tertiary/aromatic N) is 3. The molecule has 0 atom stereocenters. The molecule has 1 N–H and O–H groups in total. The van der Waals surface area contributed by atoms with Crippen molar-refractivity contribution < 1.29 is 9.21 Å². The van der Waals surface area contributed by atoms with Crippen LogP contribution in [0.1, 0.15) is 44.3 Å². The Balaban J connectivity index is 1.18. The zero-order valence-corrected chi connectivity index (χ0v) is 20.0. The second-order valence-corrected chi connectivity index (χ2v) is 11.7. The number of fused-ring (bicyclic) bond motifs is 1. The summed E-state index contributed by atoms with van der Waals surface area (Å²) < 4.78 is 5.93. The first kappa shape index (κ1) is 20.7. The molecule has 3 heterocycles. The molecule has 4 aliphatic carbocycles. The van der Waals surface area contributed by atoms with Crippen molar-refractivity contribution in [3.05, 3.63) is 52.8 Å². The van der Waals surface area contributed by atoms with Gasteiger partial charge in [-0.1, -0.05) is 23.7 Å². The largest absolute Gasteiger partial charge is 0.457 e. The average Bonchev–Trinajstić information content (AvgIpc) is 3.44. The van der Waals surface area contributed by atoms with Gasteiger partial charge in [0.05, 0.1) is 5.57 Å². The van der Waals surface area contributed by atoms with Gasteiger partial charge in [-0.15, -0.1) is 0 Å². The van der Waals surface area contributed by atoms with Crippen molar-refractivity contribution in [2.24, 2.45) is 33.3 Å². The fraction of sp³-hybridized carbons (Fsp3) is 0.385. The Morgan fingerprint density at radius 2 is 1.85 bits per heavy atom. The molecular weight excluding hydrogens is 468 g/mol. The molecule has 4 saturated carbocycles. The maximum Gasteiger partial charge on any atom is 0.283 e. The fourth-order valence-corrected chi connectivity index (χ4v) is 8.25. The molecule has 1 amide bonds. The van der Waals surface area contributed by atoms with Crippen molar-refractivity contribution in [1.82, 2.24) is 5.01 Å². The van der Waals surface area contributed by atoms with Crippen LogP contribution < -0.4 is 0 Å². The lowest BCUT2D eigenvalue weighted by Crippen LogP contribution is -2.49. The Morgan fingerprint density at radius 3 is 2.56 bits per heavy atom. The minimum absolute atomic E-state index is 0.0583. The molecule has 1 aromatic carbocycles. The summed E-state index contributed by atoms with van der Waals surface area (Å²) in [5.74, 6) is 3.18. The van der Waals surface area contributed by atoms with Gasteiger partial charge in [0.1, 0.15) is 16.6 Å². The first-order chi connectivity index (χ1) is 16.5. The van der Waals surface area contributed by atoms with Crippen LogP contribution in [0.2, 0.25) is 5.02 Å². The van der Waals surface area contributed by atoms with E-state index in [2.05, 4.69) is 4.99 Å². The van der Waals surface area contributed by atoms with Crippen molar-refractivity contribution in [2.75, 3.05) is 0 Å². The molecule has 4 fully saturated rings. The summed E-state index contributed by atoms with van der Waals surface area (Å²) in [6.07, 6.45) is 9.25. The number of carbonyl (C=O) groups is 1. The third-order valence-corrected chi connectivity index (χ3v) is 9.36. The molecule has 8 heteroatoms. The first-order valence-corrected chi connectivity index (χ1v) is 13.0. The Labute approximate surface area is 206 Å². The highest BCUT2D eigenvalue weighted by Crippen LogP contribution is 2.62. The number of benzene rings is 1. The topological polar surface area (TPSA) is 82.0 Å². The van der Waals surface area contributed by atoms with Crippen LogP contribution in [-0.2, 0) is 4.79 Å². The molecule has 172 valence electrons. The van der Waals surface area contributed by atoms with Gasteiger partial charge in [0, 0.05) is 16.0 Å². The number of amides is 1. The number of hydrogen-bond donors (Lipinski definition) is 1. The number of halogens is 1. The number of hydrazone groups is 1. The van der Waals surface area contributed by atoms with Gasteiger partial charge in [-0.05, 0) is 98.4 Å². The summed E-state index contributed by atoms with van der Waals surface area (Å²) in [4.78, 5) is 17.2. The van der Waals surface area contributed by atoms with Crippen LogP contribution >= 0.6 is 23.4 Å². The molecule has 6 aliphatic rings. The van der Waals surface area contributed by atoms with Crippen molar-refractivity contribution in [1.29, 1.82) is 5.41 Å². The SMILES string of the molecule is N=C1/C(=C\c2ccc(-c3cccc(Cl)c3)o2)C(=O)N=C2SC(C34CC5CC(CC(C5)C3)C4)=NN12. The van der Waals surface area contributed by atoms with Gasteiger partial charge >= 0.3 is 0 Å². The maximum atomic E-state index is 12.9. The molecule has 4 bridgehead atoms. The molecule has 6 nitrogen and oxygen atoms in total. The standard InChI is InChI=1S/C26H23ClN4O2S/c27-18-3-1-2-17(9-18)21-5-4-19(33-21)10-20-22(28)31-25(29-23(20)32)34-24(30-31)26-11-14-6-15(12-26)8-16(7-14)13-26/h1-5,9-10,14-16,28H,6-8,11-13H2/b20-10+,28-22?. The molecule has 1 aromatic heterocycles. The van der Waals surface area contributed by atoms with Crippen molar-refractivity contribution in [2.45, 2.75) is 38.5 Å². The molecule has 0 saturated heterocycles. The Kier molecular flexibility index (Phi) is 4.52. The number of thioether (sulfide) groups is 1. The van der Waals surface area contributed by atoms with E-state index in [0.29, 0.717) is 21.7 Å². The quantitative estimate of drug-likeness (QED) is 0.502. The minimum atomic E-state index is -0.425. The highest BCUT2D eigenvalue weighted by molar-refractivity contribution is 8.27. The normalized spacial score (nSPS) is 32.9. The average molecular weight is 491 g/mol. The van der Waals surface area contributed by atoms with Gasteiger partial charge < -0.3 is 4.42 Å². The molecule has 2 aromatic rings. The Morgan fingerprint density at radius 1 is 1.12 bits per heavy atom. The van der Waals surface area contributed by atoms with E-state index in [1.165, 1.54) is 50.3 Å². The van der Waals surface area contributed by atoms with Crippen LogP contribution in [0.25, 0.3) is 17.4 Å². The van der Waals surface area contributed by atoms with E-state index < -0.39 is 5.91 Å². The van der Waals surface area contributed by atoms with E-state index in [1.54, 1.807) is 23.2 Å². The summed E-state index contributed by atoms with van der Waals surface area (Å²) >= 11 is 7.60. The van der Waals surface area contributed by atoms with Crippen LogP contribution in [0.5, 0.6) is 0 Å². The van der Waals surface area contributed by atoms with E-state index in [-0.39, 0.29) is 16.8 Å². The van der Waals surface area contributed by atoms with Gasteiger partial charge in [-0.2, -0.15) is 15.1 Å². The van der Waals surface area contributed by atoms with Crippen LogP contribution in [0.15, 0.2) is 56.5 Å². The first-order valence-electron chi connectivity index (χ1n) is 11.8. The zero-order chi connectivity index (χ0) is 23.0. The highest BCUT2D eigenvalue weighted by Gasteiger charge is 2.55. The highest BCUT2D eigenvalue weighted by atomic mass is 35.5. The second kappa shape index (κ2) is 7.43. The number of rotatable bonds is 3. The van der Waals surface area contributed by atoms with E-state index in [1.807, 2.05) is 24.3 Å². The number of hydrogen-bond acceptors (Lipinski definition) is 5. The molecule has 34 heavy (non-hydrogen) atoms. The Bertz CT molecular complexity index is 1300. The maximum absolute atomic E-state index is 12.9. The van der Waals surface area contributed by atoms with Crippen molar-refractivity contribution in [3.63, 3.8) is 0 Å². The smallest absolute Gasteiger partial charge is 0.283 e. The van der Waals surface area contributed by atoms with Gasteiger partial charge in [0.25, 0.3) is 5.91 Å². The predicted octanol–water partition coefficient (Wildman–Crippen LogP) is 6.44. The predicted molar refractivity (Wildman–Crippen MR) is 135 cm³/mol. The van der Waals surface area contributed by atoms with Gasteiger partial charge in [0.15, 0.2) is 5.84 Å². The third-order valence-electron chi connectivity index (χ3n) is 7.97. The lowest BCUT2D eigenvalue weighted by atomic mass is 9.50. The van der Waals surface area contributed by atoms with Gasteiger partial charge in [0.2, 0.25) is 5.17 Å². The summed E-state index contributed by atoms with van der Waals surface area (Å²) in [6.45, 7) is 0. The van der Waals surface area contributed by atoms with Crippen molar-refractivity contribution in [3.8, 4) is 11.3 Å². The summed E-state index contributed by atoms with van der Waals surface area (Å²) in [5, 5.41) is 17.4. The lowest BCUT2D eigenvalue weighted by molar-refractivity contribution is -0.114. The fourth-order valence-electron chi connectivity index (χ4n) is 6.95. The van der Waals surface area contributed by atoms with E-state index in [4.69, 9.17) is 26.5 Å². The molecule has 2 aliphatic heterocycles. The minimum Gasteiger partial charge on any atom is -0.457 e. The zero-order valence-electron chi connectivity index (χ0n) is 18.5. The summed E-state index contributed by atoms with van der Waals surface area (Å²) in [5.41, 5.74) is 1.15. The number of carbonyl (C=O) groups excluding carboxylic acids is 1. The molecule has 8 rings (SSSR count). The molecule has 0 unspecified atom stereocenters. The van der Waals surface area contributed by atoms with Crippen LogP contribution in [-0.4, -0.2) is 27.0 Å². The van der Waals surface area contributed by atoms with E-state index in [0.717, 1.165) is 28.4 Å². The number of aliphatic imine (C=N–C) groups is 1. The summed E-state index contributed by atoms with van der Waals surface area (Å²) in [6, 6.07) is 11.0. The molecule has 0 spiro atoms. The van der Waals surface area contributed by atoms with Gasteiger partial charge in [-0.25, -0.2) is 0 Å². The van der Waals surface area contributed by atoms with Crippen LogP contribution in [0.4, 0.5) is 0 Å². The second-order valence-electron chi connectivity index (χ2n) is 10.3.